The maximum Gasteiger partial charge on any atom is 0.225 e. The Kier molecular flexibility index (Phi) is 4.29. The molecule has 3 heterocycles. The molecular weight excluding hydrogens is 324 g/mol. The Morgan fingerprint density at radius 1 is 0.885 bits per heavy atom. The molecule has 4 aliphatic rings. The minimum Gasteiger partial charge on any atom is -0.342 e. The number of aryl methyl sites for hydroxylation is 1. The molecule has 1 spiro atoms. The van der Waals surface area contributed by atoms with Crippen LogP contribution in [0.3, 0.4) is 0 Å². The van der Waals surface area contributed by atoms with Crippen LogP contribution in [0.25, 0.3) is 0 Å². The van der Waals surface area contributed by atoms with Gasteiger partial charge >= 0.3 is 0 Å². The third-order valence-electron chi connectivity index (χ3n) is 7.87. The second kappa shape index (κ2) is 6.65. The maximum absolute atomic E-state index is 13.0. The minimum atomic E-state index is 0.304. The van der Waals surface area contributed by atoms with Crippen molar-refractivity contribution in [3.05, 3.63) is 11.6 Å². The van der Waals surface area contributed by atoms with E-state index in [9.17, 15) is 4.79 Å². The highest BCUT2D eigenvalue weighted by molar-refractivity contribution is 5.79. The van der Waals surface area contributed by atoms with Gasteiger partial charge < -0.3 is 9.47 Å². The second-order valence-corrected chi connectivity index (χ2v) is 9.31. The zero-order chi connectivity index (χ0) is 17.6. The van der Waals surface area contributed by atoms with Crippen molar-refractivity contribution >= 4 is 5.91 Å². The monoisotopic (exact) mass is 356 g/mol. The molecule has 0 bridgehead atoms. The van der Waals surface area contributed by atoms with Crippen molar-refractivity contribution in [2.45, 2.75) is 89.5 Å². The van der Waals surface area contributed by atoms with E-state index in [4.69, 9.17) is 0 Å². The highest BCUT2D eigenvalue weighted by atomic mass is 16.2. The van der Waals surface area contributed by atoms with Crippen molar-refractivity contribution in [3.63, 3.8) is 0 Å². The normalized spacial score (nSPS) is 26.5. The predicted octanol–water partition coefficient (Wildman–Crippen LogP) is 3.68. The Balaban J connectivity index is 1.17. The van der Waals surface area contributed by atoms with Gasteiger partial charge in [0.25, 0.3) is 0 Å². The van der Waals surface area contributed by atoms with Crippen LogP contribution in [0.15, 0.2) is 0 Å². The summed E-state index contributed by atoms with van der Waals surface area (Å²) in [4.78, 5) is 15.1. The summed E-state index contributed by atoms with van der Waals surface area (Å²) in [7, 11) is 0. The number of carbonyl (C=O) groups excluding carboxylic acids is 1. The summed E-state index contributed by atoms with van der Waals surface area (Å²) < 4.78 is 2.37. The van der Waals surface area contributed by atoms with E-state index in [1.165, 1.54) is 56.6 Å². The van der Waals surface area contributed by atoms with Crippen LogP contribution >= 0.6 is 0 Å². The number of amides is 1. The number of fused-ring (bicyclic) bond motifs is 1. The molecule has 0 N–H and O–H groups in total. The van der Waals surface area contributed by atoms with Gasteiger partial charge in [0.1, 0.15) is 11.6 Å². The molecule has 5 nitrogen and oxygen atoms in total. The van der Waals surface area contributed by atoms with Gasteiger partial charge in [-0.15, -0.1) is 10.2 Å². The molecule has 1 aromatic rings. The number of rotatable bonds is 2. The summed E-state index contributed by atoms with van der Waals surface area (Å²) in [5.74, 6) is 3.61. The molecule has 26 heavy (non-hydrogen) atoms. The van der Waals surface area contributed by atoms with Crippen molar-refractivity contribution in [3.8, 4) is 0 Å². The molecule has 1 saturated heterocycles. The third kappa shape index (κ3) is 2.87. The van der Waals surface area contributed by atoms with E-state index < -0.39 is 0 Å². The summed E-state index contributed by atoms with van der Waals surface area (Å²) in [5.41, 5.74) is 0.649. The van der Waals surface area contributed by atoms with E-state index in [2.05, 4.69) is 19.7 Å². The molecule has 3 fully saturated rings. The number of carbonyl (C=O) groups is 1. The van der Waals surface area contributed by atoms with Crippen molar-refractivity contribution in [1.29, 1.82) is 0 Å². The summed E-state index contributed by atoms with van der Waals surface area (Å²) in [6, 6.07) is 0. The number of hydrogen-bond acceptors (Lipinski definition) is 3. The summed E-state index contributed by atoms with van der Waals surface area (Å²) in [5, 5.41) is 8.94. The number of nitrogens with zero attached hydrogens (tertiary/aromatic N) is 4. The first-order valence-corrected chi connectivity index (χ1v) is 10.9. The molecule has 0 unspecified atom stereocenters. The van der Waals surface area contributed by atoms with Crippen LogP contribution in [0, 0.1) is 11.3 Å². The number of piperidine rings is 1. The van der Waals surface area contributed by atoms with Gasteiger partial charge in [-0.3, -0.25) is 4.79 Å². The number of likely N-dealkylation sites (tertiary alicyclic amines) is 1. The van der Waals surface area contributed by atoms with E-state index in [0.29, 0.717) is 23.2 Å². The maximum atomic E-state index is 13.0. The lowest BCUT2D eigenvalue weighted by Crippen LogP contribution is -2.44. The Bertz CT molecular complexity index is 660. The van der Waals surface area contributed by atoms with E-state index in [-0.39, 0.29) is 0 Å². The van der Waals surface area contributed by atoms with Gasteiger partial charge in [-0.1, -0.05) is 6.42 Å². The molecule has 0 radical (unpaired) electrons. The second-order valence-electron chi connectivity index (χ2n) is 9.31. The zero-order valence-electron chi connectivity index (χ0n) is 16.0. The number of hydrogen-bond donors (Lipinski definition) is 0. The van der Waals surface area contributed by atoms with E-state index in [0.717, 1.165) is 51.7 Å². The van der Waals surface area contributed by atoms with Crippen LogP contribution in [0.5, 0.6) is 0 Å². The van der Waals surface area contributed by atoms with Gasteiger partial charge in [-0.05, 0) is 69.6 Å². The molecular formula is C21H32N4O. The third-order valence-corrected chi connectivity index (χ3v) is 7.87. The SMILES string of the molecule is O=C(C1CCC2(CCC2)CC1)N1CCC(c2nnc3n2CCCC3)CC1. The average molecular weight is 357 g/mol. The summed E-state index contributed by atoms with van der Waals surface area (Å²) in [6.07, 6.45) is 14.8. The van der Waals surface area contributed by atoms with Crippen LogP contribution in [0.2, 0.25) is 0 Å². The first kappa shape index (κ1) is 16.8. The Hall–Kier alpha value is -1.39. The predicted molar refractivity (Wildman–Crippen MR) is 99.8 cm³/mol. The van der Waals surface area contributed by atoms with Crippen molar-refractivity contribution in [2.75, 3.05) is 13.1 Å². The van der Waals surface area contributed by atoms with Gasteiger partial charge in [-0.2, -0.15) is 0 Å². The molecule has 5 heteroatoms. The standard InChI is InChI=1S/C21H32N4O/c26-20(17-5-11-21(12-6-17)9-3-10-21)24-14-7-16(8-15-24)19-23-22-18-4-1-2-13-25(18)19/h16-17H,1-15H2. The Labute approximate surface area is 156 Å². The molecule has 2 saturated carbocycles. The Morgan fingerprint density at radius 3 is 2.35 bits per heavy atom. The molecule has 2 aliphatic carbocycles. The van der Waals surface area contributed by atoms with E-state index in [1.54, 1.807) is 0 Å². The van der Waals surface area contributed by atoms with Crippen LogP contribution in [0.4, 0.5) is 0 Å². The summed E-state index contributed by atoms with van der Waals surface area (Å²) >= 11 is 0. The minimum absolute atomic E-state index is 0.304. The van der Waals surface area contributed by atoms with Gasteiger partial charge in [0.2, 0.25) is 5.91 Å². The first-order valence-electron chi connectivity index (χ1n) is 10.9. The fourth-order valence-corrected chi connectivity index (χ4v) is 5.90. The van der Waals surface area contributed by atoms with E-state index >= 15 is 0 Å². The van der Waals surface area contributed by atoms with Crippen LogP contribution in [0.1, 0.15) is 88.2 Å². The van der Waals surface area contributed by atoms with Gasteiger partial charge in [0, 0.05) is 37.9 Å². The van der Waals surface area contributed by atoms with Crippen LogP contribution < -0.4 is 0 Å². The smallest absolute Gasteiger partial charge is 0.225 e. The lowest BCUT2D eigenvalue weighted by molar-refractivity contribution is -0.139. The van der Waals surface area contributed by atoms with Gasteiger partial charge in [-0.25, -0.2) is 0 Å². The fraction of sp³-hybridized carbons (Fsp3) is 0.857. The molecule has 1 aromatic heterocycles. The van der Waals surface area contributed by atoms with Crippen molar-refractivity contribution in [1.82, 2.24) is 19.7 Å². The van der Waals surface area contributed by atoms with Gasteiger partial charge in [0.15, 0.2) is 0 Å². The number of aromatic nitrogens is 3. The lowest BCUT2D eigenvalue weighted by Gasteiger charge is -2.47. The zero-order valence-corrected chi connectivity index (χ0v) is 16.0. The highest BCUT2D eigenvalue weighted by Gasteiger charge is 2.42. The van der Waals surface area contributed by atoms with Gasteiger partial charge in [0.05, 0.1) is 0 Å². The molecule has 5 rings (SSSR count). The largest absolute Gasteiger partial charge is 0.342 e. The van der Waals surface area contributed by atoms with Crippen LogP contribution in [-0.2, 0) is 17.8 Å². The Morgan fingerprint density at radius 2 is 1.65 bits per heavy atom. The van der Waals surface area contributed by atoms with E-state index in [1.807, 2.05) is 0 Å². The molecule has 1 amide bonds. The topological polar surface area (TPSA) is 51.0 Å². The highest BCUT2D eigenvalue weighted by Crippen LogP contribution is 2.52. The fourth-order valence-electron chi connectivity index (χ4n) is 5.90. The van der Waals surface area contributed by atoms with Crippen molar-refractivity contribution in [2.24, 2.45) is 11.3 Å². The first-order chi connectivity index (χ1) is 12.7. The molecule has 142 valence electrons. The van der Waals surface area contributed by atoms with Crippen molar-refractivity contribution < 1.29 is 4.79 Å². The average Bonchev–Trinajstić information content (AvgIpc) is 3.11. The molecule has 2 aliphatic heterocycles. The molecule has 0 atom stereocenters. The molecule has 0 aromatic carbocycles. The summed E-state index contributed by atoms with van der Waals surface area (Å²) in [6.45, 7) is 2.90. The van der Waals surface area contributed by atoms with Crippen LogP contribution in [-0.4, -0.2) is 38.7 Å². The lowest BCUT2D eigenvalue weighted by atomic mass is 9.59. The quantitative estimate of drug-likeness (QED) is 0.812.